The van der Waals surface area contributed by atoms with Crippen LogP contribution in [-0.4, -0.2) is 14.5 Å². The second kappa shape index (κ2) is 7.51. The van der Waals surface area contributed by atoms with Gasteiger partial charge in [0.1, 0.15) is 5.69 Å². The van der Waals surface area contributed by atoms with E-state index in [1.165, 1.54) is 21.5 Å². The van der Waals surface area contributed by atoms with Crippen LogP contribution in [0.1, 0.15) is 5.56 Å². The van der Waals surface area contributed by atoms with Crippen molar-refractivity contribution in [1.29, 1.82) is 5.26 Å². The third-order valence-electron chi connectivity index (χ3n) is 6.59. The van der Waals surface area contributed by atoms with Gasteiger partial charge >= 0.3 is 0 Å². The summed E-state index contributed by atoms with van der Waals surface area (Å²) in [4.78, 5) is 10.2. The number of para-hydroxylation sites is 3. The standard InChI is InChI=1S/C31H18N4/c32-19-20-13-15-21(16-14-20)30-31(34-27-11-5-4-10-26(27)33-30)35-28-12-6-3-9-24(28)25-17-22-7-1-2-8-23(22)18-29(25)35/h1-18H. The van der Waals surface area contributed by atoms with Crippen molar-refractivity contribution in [3.05, 3.63) is 115 Å². The van der Waals surface area contributed by atoms with Gasteiger partial charge in [-0.15, -0.1) is 0 Å². The topological polar surface area (TPSA) is 54.5 Å². The van der Waals surface area contributed by atoms with E-state index in [1.54, 1.807) is 0 Å². The normalized spacial score (nSPS) is 11.4. The lowest BCUT2D eigenvalue weighted by Crippen LogP contribution is -2.03. The largest absolute Gasteiger partial charge is 0.292 e. The quantitative estimate of drug-likeness (QED) is 0.278. The average Bonchev–Trinajstić information content (AvgIpc) is 3.24. The van der Waals surface area contributed by atoms with Crippen LogP contribution in [0.4, 0.5) is 0 Å². The molecule has 0 fully saturated rings. The Morgan fingerprint density at radius 1 is 0.600 bits per heavy atom. The molecule has 4 heteroatoms. The summed E-state index contributed by atoms with van der Waals surface area (Å²) in [5, 5.41) is 14.0. The summed E-state index contributed by atoms with van der Waals surface area (Å²) < 4.78 is 2.23. The Kier molecular flexibility index (Phi) is 4.18. The lowest BCUT2D eigenvalue weighted by atomic mass is 10.1. The van der Waals surface area contributed by atoms with E-state index in [4.69, 9.17) is 9.97 Å². The van der Waals surface area contributed by atoms with Crippen LogP contribution in [0.5, 0.6) is 0 Å². The molecular weight excluding hydrogens is 428 g/mol. The van der Waals surface area contributed by atoms with Gasteiger partial charge in [0.05, 0.1) is 33.7 Å². The minimum absolute atomic E-state index is 0.618. The van der Waals surface area contributed by atoms with Gasteiger partial charge in [0.15, 0.2) is 5.82 Å². The molecule has 0 amide bonds. The van der Waals surface area contributed by atoms with Crippen LogP contribution >= 0.6 is 0 Å². The van der Waals surface area contributed by atoms with E-state index in [0.717, 1.165) is 39.1 Å². The summed E-state index contributed by atoms with van der Waals surface area (Å²) in [5.41, 5.74) is 6.16. The van der Waals surface area contributed by atoms with Crippen LogP contribution in [0, 0.1) is 11.3 Å². The third-order valence-corrected chi connectivity index (χ3v) is 6.59. The first-order chi connectivity index (χ1) is 17.3. The van der Waals surface area contributed by atoms with Crippen molar-refractivity contribution in [2.45, 2.75) is 0 Å². The Morgan fingerprint density at radius 3 is 2.03 bits per heavy atom. The fourth-order valence-electron chi connectivity index (χ4n) is 4.93. The van der Waals surface area contributed by atoms with Crippen LogP contribution in [-0.2, 0) is 0 Å². The molecule has 2 heterocycles. The van der Waals surface area contributed by atoms with Gasteiger partial charge in [-0.25, -0.2) is 9.97 Å². The second-order valence-electron chi connectivity index (χ2n) is 8.64. The molecule has 35 heavy (non-hydrogen) atoms. The van der Waals surface area contributed by atoms with Crippen LogP contribution in [0.25, 0.3) is 60.7 Å². The Bertz CT molecular complexity index is 1960. The SMILES string of the molecule is N#Cc1ccc(-c2nc3ccccc3nc2-n2c3ccccc3c3cc4ccccc4cc32)cc1. The van der Waals surface area contributed by atoms with E-state index in [0.29, 0.717) is 5.56 Å². The Balaban J connectivity index is 1.64. The van der Waals surface area contributed by atoms with Crippen LogP contribution in [0.3, 0.4) is 0 Å². The molecule has 0 spiro atoms. The molecule has 7 aromatic rings. The highest BCUT2D eigenvalue weighted by Gasteiger charge is 2.19. The molecule has 0 atom stereocenters. The van der Waals surface area contributed by atoms with E-state index in [1.807, 2.05) is 48.5 Å². The van der Waals surface area contributed by atoms with Crippen molar-refractivity contribution in [2.24, 2.45) is 0 Å². The van der Waals surface area contributed by atoms with Gasteiger partial charge in [-0.3, -0.25) is 4.57 Å². The maximum Gasteiger partial charge on any atom is 0.165 e. The average molecular weight is 447 g/mol. The number of fused-ring (bicyclic) bond motifs is 5. The van der Waals surface area contributed by atoms with Crippen LogP contribution in [0.2, 0.25) is 0 Å². The van der Waals surface area contributed by atoms with Crippen LogP contribution in [0.15, 0.2) is 109 Å². The van der Waals surface area contributed by atoms with Crippen molar-refractivity contribution in [1.82, 2.24) is 14.5 Å². The molecule has 162 valence electrons. The Labute approximate surface area is 201 Å². The van der Waals surface area contributed by atoms with Gasteiger partial charge in [-0.2, -0.15) is 5.26 Å². The van der Waals surface area contributed by atoms with E-state index in [-0.39, 0.29) is 0 Å². The zero-order chi connectivity index (χ0) is 23.4. The molecule has 0 aliphatic carbocycles. The Morgan fingerprint density at radius 2 is 1.26 bits per heavy atom. The molecule has 0 N–H and O–H groups in total. The fourth-order valence-corrected chi connectivity index (χ4v) is 4.93. The van der Waals surface area contributed by atoms with Crippen molar-refractivity contribution >= 4 is 43.6 Å². The van der Waals surface area contributed by atoms with Gasteiger partial charge in [-0.05, 0) is 53.2 Å². The summed E-state index contributed by atoms with van der Waals surface area (Å²) in [6.45, 7) is 0. The van der Waals surface area contributed by atoms with Crippen molar-refractivity contribution < 1.29 is 0 Å². The molecule has 0 bridgehead atoms. The third kappa shape index (κ3) is 2.99. The number of rotatable bonds is 2. The van der Waals surface area contributed by atoms with E-state index >= 15 is 0 Å². The molecule has 4 nitrogen and oxygen atoms in total. The lowest BCUT2D eigenvalue weighted by Gasteiger charge is -2.14. The highest BCUT2D eigenvalue weighted by Crippen LogP contribution is 2.37. The lowest BCUT2D eigenvalue weighted by molar-refractivity contribution is 1.08. The summed E-state index contributed by atoms with van der Waals surface area (Å²) in [6.07, 6.45) is 0. The summed E-state index contributed by atoms with van der Waals surface area (Å²) >= 11 is 0. The summed E-state index contributed by atoms with van der Waals surface area (Å²) in [6, 6.07) is 39.1. The van der Waals surface area contributed by atoms with Crippen LogP contribution < -0.4 is 0 Å². The molecule has 0 radical (unpaired) electrons. The highest BCUT2D eigenvalue weighted by atomic mass is 15.1. The van der Waals surface area contributed by atoms with Gasteiger partial charge in [0.2, 0.25) is 0 Å². The Hall–Kier alpha value is -5.01. The zero-order valence-corrected chi connectivity index (χ0v) is 18.7. The second-order valence-corrected chi connectivity index (χ2v) is 8.64. The van der Waals surface area contributed by atoms with Crippen molar-refractivity contribution in [3.63, 3.8) is 0 Å². The first-order valence-electron chi connectivity index (χ1n) is 11.5. The number of benzene rings is 5. The van der Waals surface area contributed by atoms with Gasteiger partial charge < -0.3 is 0 Å². The molecular formula is C31H18N4. The van der Waals surface area contributed by atoms with Crippen molar-refractivity contribution in [3.8, 4) is 23.1 Å². The van der Waals surface area contributed by atoms with E-state index in [9.17, 15) is 5.26 Å². The van der Waals surface area contributed by atoms with Crippen molar-refractivity contribution in [2.75, 3.05) is 0 Å². The van der Waals surface area contributed by atoms with Gasteiger partial charge in [0.25, 0.3) is 0 Å². The van der Waals surface area contributed by atoms with Gasteiger partial charge in [0, 0.05) is 16.3 Å². The molecule has 0 saturated heterocycles. The number of hydrogen-bond donors (Lipinski definition) is 0. The van der Waals surface area contributed by atoms with E-state index < -0.39 is 0 Å². The minimum Gasteiger partial charge on any atom is -0.292 e. The number of nitrogens with zero attached hydrogens (tertiary/aromatic N) is 4. The molecule has 0 saturated carbocycles. The first-order valence-corrected chi connectivity index (χ1v) is 11.5. The molecule has 7 rings (SSSR count). The predicted octanol–water partition coefficient (Wildman–Crippen LogP) is 7.42. The smallest absolute Gasteiger partial charge is 0.165 e. The maximum absolute atomic E-state index is 9.29. The molecule has 0 unspecified atom stereocenters. The monoisotopic (exact) mass is 446 g/mol. The van der Waals surface area contributed by atoms with E-state index in [2.05, 4.69) is 71.3 Å². The zero-order valence-electron chi connectivity index (χ0n) is 18.7. The number of aromatic nitrogens is 3. The number of nitriles is 1. The molecule has 0 aliphatic heterocycles. The highest BCUT2D eigenvalue weighted by molar-refractivity contribution is 6.13. The maximum atomic E-state index is 9.29. The minimum atomic E-state index is 0.618. The number of hydrogen-bond acceptors (Lipinski definition) is 3. The first kappa shape index (κ1) is 19.5. The van der Waals surface area contributed by atoms with Gasteiger partial charge in [-0.1, -0.05) is 66.7 Å². The molecule has 2 aromatic heterocycles. The summed E-state index contributed by atoms with van der Waals surface area (Å²) in [7, 11) is 0. The predicted molar refractivity (Wildman–Crippen MR) is 142 cm³/mol. The molecule has 5 aromatic carbocycles. The molecule has 0 aliphatic rings. The fraction of sp³-hybridized carbons (Fsp3) is 0. The summed E-state index contributed by atoms with van der Waals surface area (Å²) in [5.74, 6) is 0.773.